The summed E-state index contributed by atoms with van der Waals surface area (Å²) in [5, 5.41) is 5.25. The number of nitrogens with one attached hydrogen (secondary N) is 1. The summed E-state index contributed by atoms with van der Waals surface area (Å²) < 4.78 is 12.0. The number of hydrogen-bond acceptors (Lipinski definition) is 8. The first-order valence-electron chi connectivity index (χ1n) is 14.2. The van der Waals surface area contributed by atoms with Crippen LogP contribution in [-0.2, 0) is 4.74 Å². The minimum absolute atomic E-state index is 0.0925. The average molecular weight is 614 g/mol. The first-order valence-corrected chi connectivity index (χ1v) is 18.1. The van der Waals surface area contributed by atoms with Gasteiger partial charge >= 0.3 is 6.09 Å². The lowest BCUT2D eigenvalue weighted by Gasteiger charge is -2.26. The lowest BCUT2D eigenvalue weighted by molar-refractivity contribution is 0.0989. The first-order chi connectivity index (χ1) is 20.1. The minimum Gasteiger partial charge on any atom is -0.485 e. The molecule has 4 rings (SSSR count). The number of thiophene rings is 1. The van der Waals surface area contributed by atoms with Gasteiger partial charge in [-0.05, 0) is 49.3 Å². The Morgan fingerprint density at radius 2 is 2.00 bits per heavy atom. The van der Waals surface area contributed by atoms with Gasteiger partial charge in [-0.2, -0.15) is 0 Å². The van der Waals surface area contributed by atoms with E-state index in [-0.39, 0.29) is 18.1 Å². The summed E-state index contributed by atoms with van der Waals surface area (Å²) in [5.74, 6) is 2.21. The molecule has 0 radical (unpaired) electrons. The van der Waals surface area contributed by atoms with Crippen molar-refractivity contribution in [1.82, 2.24) is 9.88 Å². The van der Waals surface area contributed by atoms with Gasteiger partial charge in [-0.25, -0.2) is 19.8 Å². The highest BCUT2D eigenvalue weighted by molar-refractivity contribution is 8.32. The highest BCUT2D eigenvalue weighted by atomic mass is 32.3. The van der Waals surface area contributed by atoms with Gasteiger partial charge in [-0.15, -0.1) is 11.3 Å². The number of nitrogens with zero attached hydrogens (tertiary/aromatic N) is 4. The molecule has 42 heavy (non-hydrogen) atoms. The van der Waals surface area contributed by atoms with Crippen molar-refractivity contribution in [3.63, 3.8) is 0 Å². The molecule has 0 fully saturated rings. The number of pyridine rings is 1. The summed E-state index contributed by atoms with van der Waals surface area (Å²) in [7, 11) is 3.03. The van der Waals surface area contributed by atoms with Crippen LogP contribution in [0.4, 0.5) is 22.0 Å². The van der Waals surface area contributed by atoms with E-state index in [1.807, 2.05) is 61.8 Å². The smallest absolute Gasteiger partial charge is 0.409 e. The molecule has 1 unspecified atom stereocenters. The normalized spacial score (nSPS) is 14.6. The third kappa shape index (κ3) is 8.32. The van der Waals surface area contributed by atoms with Crippen LogP contribution in [0.2, 0.25) is 0 Å². The van der Waals surface area contributed by atoms with Crippen molar-refractivity contribution in [3.8, 4) is 5.75 Å². The third-order valence-corrected chi connectivity index (χ3v) is 9.37. The molecule has 0 saturated carbocycles. The molecule has 0 bridgehead atoms. The largest absolute Gasteiger partial charge is 0.485 e. The van der Waals surface area contributed by atoms with Gasteiger partial charge in [0.2, 0.25) is 0 Å². The molecule has 0 aliphatic carbocycles. The topological polar surface area (TPSA) is 87.2 Å². The van der Waals surface area contributed by atoms with E-state index >= 15 is 0 Å². The van der Waals surface area contributed by atoms with E-state index in [0.717, 1.165) is 34.4 Å². The van der Waals surface area contributed by atoms with Crippen molar-refractivity contribution in [2.24, 2.45) is 0 Å². The van der Waals surface area contributed by atoms with Crippen molar-refractivity contribution in [3.05, 3.63) is 64.5 Å². The Kier molecular flexibility index (Phi) is 10.6. The van der Waals surface area contributed by atoms with Crippen LogP contribution in [0.3, 0.4) is 0 Å². The van der Waals surface area contributed by atoms with Gasteiger partial charge in [0.15, 0.2) is 0 Å². The monoisotopic (exact) mass is 613 g/mol. The molecule has 1 aliphatic rings. The van der Waals surface area contributed by atoms with E-state index in [0.29, 0.717) is 44.0 Å². The van der Waals surface area contributed by atoms with Crippen LogP contribution in [0.25, 0.3) is 0 Å². The molecule has 2 amide bonds. The van der Waals surface area contributed by atoms with Crippen LogP contribution in [-0.4, -0.2) is 93.3 Å². The summed E-state index contributed by atoms with van der Waals surface area (Å²) in [5.41, 5.74) is 2.19. The van der Waals surface area contributed by atoms with Crippen molar-refractivity contribution < 1.29 is 19.1 Å². The summed E-state index contributed by atoms with van der Waals surface area (Å²) in [6.07, 6.45) is 8.31. The highest BCUT2D eigenvalue weighted by Gasteiger charge is 2.27. The minimum atomic E-state index is -0.721. The standard InChI is InChI=1S/C31H43N5O4S2/c1-7-32-29-21-26-25(22-33-29)30(37)36(16-15-34(26)2)23-10-8-11-24(20-23)40-27(28-12-9-18-41-28)13-14-35(3)31(38)39-17-19-42(4,5)6/h8-12,18,20-22,27H,7,13-17,19H2,1-6H3,(H,32,33). The zero-order valence-electron chi connectivity index (χ0n) is 25.5. The molecule has 1 N–H and O–H groups in total. The van der Waals surface area contributed by atoms with Crippen LogP contribution in [0.15, 0.2) is 54.0 Å². The number of carbonyl (C=O) groups is 2. The Morgan fingerprint density at radius 3 is 2.71 bits per heavy atom. The van der Waals surface area contributed by atoms with E-state index in [1.54, 1.807) is 34.4 Å². The van der Waals surface area contributed by atoms with Gasteiger partial charge in [-0.3, -0.25) is 4.79 Å². The van der Waals surface area contributed by atoms with Crippen molar-refractivity contribution in [2.45, 2.75) is 19.4 Å². The Balaban J connectivity index is 1.46. The van der Waals surface area contributed by atoms with Gasteiger partial charge in [0, 0.05) is 81.3 Å². The maximum Gasteiger partial charge on any atom is 0.409 e. The number of anilines is 3. The van der Waals surface area contributed by atoms with Crippen LogP contribution in [0, 0.1) is 0 Å². The summed E-state index contributed by atoms with van der Waals surface area (Å²) in [6, 6.07) is 13.6. The lowest BCUT2D eigenvalue weighted by Crippen LogP contribution is -2.33. The highest BCUT2D eigenvalue weighted by Crippen LogP contribution is 2.34. The van der Waals surface area contributed by atoms with Crippen LogP contribution < -0.4 is 19.9 Å². The van der Waals surface area contributed by atoms with E-state index < -0.39 is 10.0 Å². The molecular weight excluding hydrogens is 571 g/mol. The first kappa shape index (κ1) is 31.5. The fourth-order valence-electron chi connectivity index (χ4n) is 4.58. The molecule has 3 aromatic rings. The Hall–Kier alpha value is -3.44. The van der Waals surface area contributed by atoms with Gasteiger partial charge < -0.3 is 29.5 Å². The molecular formula is C31H43N5O4S2. The molecule has 0 spiro atoms. The fraction of sp³-hybridized carbons (Fsp3) is 0.452. The predicted octanol–water partition coefficient (Wildman–Crippen LogP) is 5.94. The Bertz CT molecular complexity index is 1350. The second kappa shape index (κ2) is 14.2. The average Bonchev–Trinajstić information content (AvgIpc) is 3.46. The van der Waals surface area contributed by atoms with Gasteiger partial charge in [0.05, 0.1) is 11.3 Å². The fourth-order valence-corrected chi connectivity index (χ4v) is 5.95. The van der Waals surface area contributed by atoms with E-state index in [4.69, 9.17) is 9.47 Å². The SMILES string of the molecule is CCNc1cc2c(cn1)C(=O)N(c1cccc(OC(CCN(C)C(=O)OCCS(C)(C)C)c3cccs3)c1)CCN2C. The number of rotatable bonds is 12. The van der Waals surface area contributed by atoms with Crippen LogP contribution in [0.5, 0.6) is 5.75 Å². The Labute approximate surface area is 255 Å². The molecule has 0 saturated heterocycles. The Morgan fingerprint density at radius 1 is 1.19 bits per heavy atom. The third-order valence-electron chi connectivity index (χ3n) is 7.01. The summed E-state index contributed by atoms with van der Waals surface area (Å²) in [6.45, 7) is 4.90. The number of benzene rings is 1. The van der Waals surface area contributed by atoms with Gasteiger partial charge in [0.1, 0.15) is 24.3 Å². The molecule has 2 aromatic heterocycles. The number of aromatic nitrogens is 1. The number of ether oxygens (including phenoxy) is 2. The van der Waals surface area contributed by atoms with Crippen LogP contribution >= 0.6 is 21.4 Å². The second-order valence-electron chi connectivity index (χ2n) is 11.2. The summed E-state index contributed by atoms with van der Waals surface area (Å²) in [4.78, 5) is 37.3. The maximum absolute atomic E-state index is 13.7. The maximum atomic E-state index is 13.7. The molecule has 9 nitrogen and oxygen atoms in total. The van der Waals surface area contributed by atoms with E-state index in [9.17, 15) is 9.59 Å². The molecule has 3 heterocycles. The molecule has 11 heteroatoms. The number of hydrogen-bond donors (Lipinski definition) is 1. The van der Waals surface area contributed by atoms with E-state index in [1.165, 1.54) is 0 Å². The number of carbonyl (C=O) groups excluding carboxylic acids is 2. The van der Waals surface area contributed by atoms with Crippen molar-refractivity contribution in [1.29, 1.82) is 0 Å². The van der Waals surface area contributed by atoms with Crippen molar-refractivity contribution in [2.75, 3.05) is 86.5 Å². The van der Waals surface area contributed by atoms with Crippen molar-refractivity contribution >= 4 is 50.6 Å². The molecule has 1 aromatic carbocycles. The molecule has 1 atom stereocenters. The van der Waals surface area contributed by atoms with Gasteiger partial charge in [-0.1, -0.05) is 12.1 Å². The second-order valence-corrected chi connectivity index (χ2v) is 16.8. The van der Waals surface area contributed by atoms with Gasteiger partial charge in [0.25, 0.3) is 5.91 Å². The molecule has 1 aliphatic heterocycles. The quantitative estimate of drug-likeness (QED) is 0.270. The zero-order valence-corrected chi connectivity index (χ0v) is 27.1. The zero-order chi connectivity index (χ0) is 30.3. The number of amides is 2. The van der Waals surface area contributed by atoms with Crippen LogP contribution in [0.1, 0.15) is 34.7 Å². The summed E-state index contributed by atoms with van der Waals surface area (Å²) >= 11 is 1.62. The number of fused-ring (bicyclic) bond motifs is 1. The molecule has 228 valence electrons. The predicted molar refractivity (Wildman–Crippen MR) is 176 cm³/mol. The lowest BCUT2D eigenvalue weighted by atomic mass is 10.1. The number of likely N-dealkylation sites (N-methyl/N-ethyl adjacent to an activating group) is 1. The van der Waals surface area contributed by atoms with E-state index in [2.05, 4.69) is 34.0 Å².